The molecule has 0 radical (unpaired) electrons. The van der Waals surface area contributed by atoms with Gasteiger partial charge >= 0.3 is 0 Å². The molecular weight excluding hydrogens is 394 g/mol. The largest absolute Gasteiger partial charge is 0.497 e. The Morgan fingerprint density at radius 1 is 1.03 bits per heavy atom. The summed E-state index contributed by atoms with van der Waals surface area (Å²) in [6.07, 6.45) is 1.23. The molecule has 2 aromatic rings. The Labute approximate surface area is 181 Å². The molecule has 0 aliphatic carbocycles. The summed E-state index contributed by atoms with van der Waals surface area (Å²) >= 11 is 0. The van der Waals surface area contributed by atoms with Gasteiger partial charge in [0.05, 0.1) is 19.1 Å². The number of pyridine rings is 1. The molecule has 2 saturated heterocycles. The van der Waals surface area contributed by atoms with Crippen LogP contribution in [0.2, 0.25) is 0 Å². The van der Waals surface area contributed by atoms with Crippen molar-refractivity contribution in [3.8, 4) is 5.75 Å². The second-order valence-electron chi connectivity index (χ2n) is 8.97. The Morgan fingerprint density at radius 3 is 2.55 bits per heavy atom. The molecule has 2 bridgehead atoms. The van der Waals surface area contributed by atoms with Gasteiger partial charge in [0.25, 0.3) is 5.56 Å². The van der Waals surface area contributed by atoms with Crippen molar-refractivity contribution in [2.75, 3.05) is 27.2 Å². The minimum absolute atomic E-state index is 0.00623. The van der Waals surface area contributed by atoms with Gasteiger partial charge < -0.3 is 19.1 Å². The van der Waals surface area contributed by atoms with Crippen LogP contribution in [-0.4, -0.2) is 53.4 Å². The van der Waals surface area contributed by atoms with Gasteiger partial charge in [-0.25, -0.2) is 0 Å². The van der Waals surface area contributed by atoms with Gasteiger partial charge in [-0.05, 0) is 36.1 Å². The molecule has 1 aromatic carbocycles. The van der Waals surface area contributed by atoms with Crippen LogP contribution in [0.1, 0.15) is 36.1 Å². The van der Waals surface area contributed by atoms with Crippen LogP contribution in [0, 0.1) is 11.8 Å². The summed E-state index contributed by atoms with van der Waals surface area (Å²) < 4.78 is 7.12. The van der Waals surface area contributed by atoms with E-state index < -0.39 is 5.92 Å². The van der Waals surface area contributed by atoms with Crippen molar-refractivity contribution in [2.45, 2.75) is 31.3 Å². The molecule has 31 heavy (non-hydrogen) atoms. The molecule has 162 valence electrons. The zero-order valence-corrected chi connectivity index (χ0v) is 17.9. The van der Waals surface area contributed by atoms with Crippen molar-refractivity contribution in [2.24, 2.45) is 11.8 Å². The number of likely N-dealkylation sites (tertiary alicyclic amines) is 2. The monoisotopic (exact) mass is 421 g/mol. The van der Waals surface area contributed by atoms with Gasteiger partial charge in [-0.15, -0.1) is 0 Å². The molecule has 2 amide bonds. The van der Waals surface area contributed by atoms with Gasteiger partial charge in [-0.3, -0.25) is 14.4 Å². The van der Waals surface area contributed by atoms with E-state index in [9.17, 15) is 14.4 Å². The van der Waals surface area contributed by atoms with Gasteiger partial charge in [-0.1, -0.05) is 18.2 Å². The SMILES string of the molecule is COc1ccc(C2C(C(=O)N3C[C@H]4C[C@@H](C3)c3cccc(=O)n3C4)CC(=O)N2C)cc1. The lowest BCUT2D eigenvalue weighted by molar-refractivity contribution is -0.139. The number of ether oxygens (including phenoxy) is 1. The van der Waals surface area contributed by atoms with E-state index in [2.05, 4.69) is 0 Å². The smallest absolute Gasteiger partial charge is 0.250 e. The predicted molar refractivity (Wildman–Crippen MR) is 115 cm³/mol. The Bertz CT molecular complexity index is 1080. The fraction of sp³-hybridized carbons (Fsp3) is 0.458. The van der Waals surface area contributed by atoms with E-state index in [4.69, 9.17) is 4.74 Å². The summed E-state index contributed by atoms with van der Waals surface area (Å²) in [5.41, 5.74) is 2.00. The van der Waals surface area contributed by atoms with Gasteiger partial charge in [0.15, 0.2) is 0 Å². The van der Waals surface area contributed by atoms with Crippen LogP contribution >= 0.6 is 0 Å². The van der Waals surface area contributed by atoms with Crippen molar-refractivity contribution >= 4 is 11.8 Å². The lowest BCUT2D eigenvalue weighted by atomic mass is 9.82. The van der Waals surface area contributed by atoms with E-state index in [0.29, 0.717) is 19.6 Å². The maximum absolute atomic E-state index is 13.7. The number of benzene rings is 1. The van der Waals surface area contributed by atoms with Crippen LogP contribution in [-0.2, 0) is 16.1 Å². The predicted octanol–water partition coefficient (Wildman–Crippen LogP) is 2.02. The van der Waals surface area contributed by atoms with E-state index in [1.807, 2.05) is 39.8 Å². The van der Waals surface area contributed by atoms with E-state index in [1.54, 1.807) is 31.2 Å². The maximum atomic E-state index is 13.7. The zero-order chi connectivity index (χ0) is 21.7. The number of hydrogen-bond donors (Lipinski definition) is 0. The third-order valence-corrected chi connectivity index (χ3v) is 7.15. The average Bonchev–Trinajstić information content (AvgIpc) is 3.08. The third-order valence-electron chi connectivity index (χ3n) is 7.15. The van der Waals surface area contributed by atoms with Crippen LogP contribution in [0.4, 0.5) is 0 Å². The highest BCUT2D eigenvalue weighted by molar-refractivity contribution is 5.90. The molecular formula is C24H27N3O4. The highest BCUT2D eigenvalue weighted by atomic mass is 16.5. The molecule has 2 unspecified atom stereocenters. The van der Waals surface area contributed by atoms with Crippen LogP contribution < -0.4 is 10.3 Å². The number of amides is 2. The van der Waals surface area contributed by atoms with Crippen molar-refractivity contribution in [3.63, 3.8) is 0 Å². The van der Waals surface area contributed by atoms with Crippen molar-refractivity contribution < 1.29 is 14.3 Å². The van der Waals surface area contributed by atoms with Crippen LogP contribution in [0.5, 0.6) is 5.75 Å². The lowest BCUT2D eigenvalue weighted by Gasteiger charge is -2.43. The van der Waals surface area contributed by atoms with Crippen LogP contribution in [0.15, 0.2) is 47.3 Å². The van der Waals surface area contributed by atoms with Crippen LogP contribution in [0.25, 0.3) is 0 Å². The quantitative estimate of drug-likeness (QED) is 0.760. The first-order valence-electron chi connectivity index (χ1n) is 10.8. The Hall–Kier alpha value is -3.09. The number of piperidine rings is 1. The number of rotatable bonds is 3. The minimum atomic E-state index is -0.400. The molecule has 0 spiro atoms. The summed E-state index contributed by atoms with van der Waals surface area (Å²) in [5.74, 6) is 0.816. The van der Waals surface area contributed by atoms with E-state index in [0.717, 1.165) is 23.4 Å². The molecule has 7 nitrogen and oxygen atoms in total. The molecule has 4 heterocycles. The molecule has 5 rings (SSSR count). The van der Waals surface area contributed by atoms with E-state index in [-0.39, 0.29) is 41.7 Å². The average molecular weight is 421 g/mol. The van der Waals surface area contributed by atoms with Crippen LogP contribution in [0.3, 0.4) is 0 Å². The molecule has 0 N–H and O–H groups in total. The number of nitrogens with zero attached hydrogens (tertiary/aromatic N) is 3. The third kappa shape index (κ3) is 3.32. The van der Waals surface area contributed by atoms with Crippen molar-refractivity contribution in [3.05, 3.63) is 64.1 Å². The van der Waals surface area contributed by atoms with E-state index in [1.165, 1.54) is 0 Å². The number of methoxy groups -OCH3 is 1. The molecule has 0 saturated carbocycles. The highest BCUT2D eigenvalue weighted by Gasteiger charge is 2.46. The maximum Gasteiger partial charge on any atom is 0.250 e. The molecule has 4 atom stereocenters. The Balaban J connectivity index is 1.41. The fourth-order valence-corrected chi connectivity index (χ4v) is 5.66. The standard InChI is InChI=1S/C24H27N3O4/c1-25-22(29)11-19(23(25)16-6-8-18(31-2)9-7-16)24(30)26-12-15-10-17(14-26)20-4-3-5-21(28)27(20)13-15/h3-9,15,17,19,23H,10-14H2,1-2H3/t15-,17+,19?,23?/m1/s1. The van der Waals surface area contributed by atoms with Gasteiger partial charge in [-0.2, -0.15) is 0 Å². The first-order valence-corrected chi connectivity index (χ1v) is 10.8. The summed E-state index contributed by atoms with van der Waals surface area (Å²) in [6.45, 7) is 1.89. The lowest BCUT2D eigenvalue weighted by Crippen LogP contribution is -2.51. The topological polar surface area (TPSA) is 71.8 Å². The summed E-state index contributed by atoms with van der Waals surface area (Å²) in [4.78, 5) is 42.1. The molecule has 1 aromatic heterocycles. The first-order chi connectivity index (χ1) is 15.0. The normalized spacial score (nSPS) is 27.2. The zero-order valence-electron chi connectivity index (χ0n) is 17.9. The Morgan fingerprint density at radius 2 is 1.81 bits per heavy atom. The summed E-state index contributed by atoms with van der Waals surface area (Å²) in [6, 6.07) is 12.7. The number of aromatic nitrogens is 1. The van der Waals surface area contributed by atoms with Gasteiger partial charge in [0.2, 0.25) is 11.8 Å². The fourth-order valence-electron chi connectivity index (χ4n) is 5.66. The first kappa shape index (κ1) is 19.8. The highest BCUT2D eigenvalue weighted by Crippen LogP contribution is 2.41. The van der Waals surface area contributed by atoms with Crippen molar-refractivity contribution in [1.82, 2.24) is 14.4 Å². The second kappa shape index (κ2) is 7.55. The second-order valence-corrected chi connectivity index (χ2v) is 8.97. The van der Waals surface area contributed by atoms with E-state index >= 15 is 0 Å². The molecule has 3 aliphatic rings. The molecule has 3 aliphatic heterocycles. The number of fused-ring (bicyclic) bond motifs is 4. The Kier molecular flexibility index (Phi) is 4.84. The summed E-state index contributed by atoms with van der Waals surface area (Å²) in [5, 5.41) is 0. The minimum Gasteiger partial charge on any atom is -0.497 e. The van der Waals surface area contributed by atoms with Gasteiger partial charge in [0, 0.05) is 50.8 Å². The molecule has 2 fully saturated rings. The van der Waals surface area contributed by atoms with Gasteiger partial charge in [0.1, 0.15) is 5.75 Å². The number of hydrogen-bond acceptors (Lipinski definition) is 4. The molecule has 7 heteroatoms. The van der Waals surface area contributed by atoms with Crippen molar-refractivity contribution in [1.29, 1.82) is 0 Å². The number of carbonyl (C=O) groups excluding carboxylic acids is 2. The number of carbonyl (C=O) groups is 2. The summed E-state index contributed by atoms with van der Waals surface area (Å²) in [7, 11) is 3.39.